The van der Waals surface area contributed by atoms with E-state index in [1.807, 2.05) is 36.1 Å². The number of aryl methyl sites for hydroxylation is 1. The molecule has 2 aliphatic heterocycles. The third-order valence-corrected chi connectivity index (χ3v) is 5.08. The van der Waals surface area contributed by atoms with E-state index in [9.17, 15) is 4.79 Å². The summed E-state index contributed by atoms with van der Waals surface area (Å²) in [5, 5.41) is 8.46. The molecule has 0 aliphatic carbocycles. The molecule has 0 spiro atoms. The summed E-state index contributed by atoms with van der Waals surface area (Å²) >= 11 is 0. The Balaban J connectivity index is 1.44. The average molecular weight is 323 g/mol. The Bertz CT molecular complexity index is 718. The number of aromatic nitrogens is 3. The van der Waals surface area contributed by atoms with Crippen molar-refractivity contribution in [1.82, 2.24) is 20.1 Å². The minimum Gasteiger partial charge on any atom is -0.355 e. The molecule has 2 saturated heterocycles. The van der Waals surface area contributed by atoms with Crippen LogP contribution in [0.3, 0.4) is 0 Å². The molecule has 6 heteroatoms. The lowest BCUT2D eigenvalue weighted by molar-refractivity contribution is 0.0778. The first-order valence-electron chi connectivity index (χ1n) is 8.46. The first-order chi connectivity index (χ1) is 11.7. The molecule has 0 radical (unpaired) electrons. The molecule has 2 aromatic heterocycles. The Morgan fingerprint density at radius 3 is 2.71 bits per heavy atom. The van der Waals surface area contributed by atoms with Crippen molar-refractivity contribution in [3.05, 3.63) is 47.9 Å². The van der Waals surface area contributed by atoms with Crippen LogP contribution in [0.15, 0.2) is 36.5 Å². The van der Waals surface area contributed by atoms with Crippen molar-refractivity contribution >= 4 is 11.7 Å². The van der Waals surface area contributed by atoms with Crippen molar-refractivity contribution in [3.63, 3.8) is 0 Å². The zero-order valence-electron chi connectivity index (χ0n) is 13.8. The van der Waals surface area contributed by atoms with Crippen molar-refractivity contribution < 1.29 is 4.79 Å². The van der Waals surface area contributed by atoms with Gasteiger partial charge >= 0.3 is 0 Å². The normalized spacial score (nSPS) is 23.2. The molecular formula is C18H21N5O. The number of carbonyl (C=O) groups excluding carboxylic acids is 1. The highest BCUT2D eigenvalue weighted by atomic mass is 16.2. The van der Waals surface area contributed by atoms with E-state index in [-0.39, 0.29) is 5.91 Å². The predicted molar refractivity (Wildman–Crippen MR) is 90.7 cm³/mol. The standard InChI is InChI=1S/C18H21N5O/c1-13-5-6-17(21-20-13)22-9-7-14-10-23(12-15(14)11-22)18(24)16-4-2-3-8-19-16/h2-6,8,14-15H,7,9-12H2,1H3/t14-,15+/m0/s1. The molecule has 0 saturated carbocycles. The largest absolute Gasteiger partial charge is 0.355 e. The summed E-state index contributed by atoms with van der Waals surface area (Å²) in [7, 11) is 0. The minimum absolute atomic E-state index is 0.0478. The Labute approximate surface area is 141 Å². The second kappa shape index (κ2) is 6.19. The predicted octanol–water partition coefficient (Wildman–Crippen LogP) is 1.78. The number of amides is 1. The number of fused-ring (bicyclic) bond motifs is 1. The number of piperidine rings is 1. The molecule has 124 valence electrons. The van der Waals surface area contributed by atoms with Gasteiger partial charge in [-0.1, -0.05) is 6.07 Å². The Morgan fingerprint density at radius 2 is 1.96 bits per heavy atom. The monoisotopic (exact) mass is 323 g/mol. The second-order valence-electron chi connectivity index (χ2n) is 6.71. The minimum atomic E-state index is 0.0478. The Morgan fingerprint density at radius 1 is 1.08 bits per heavy atom. The van der Waals surface area contributed by atoms with Gasteiger partial charge in [-0.25, -0.2) is 0 Å². The second-order valence-corrected chi connectivity index (χ2v) is 6.71. The van der Waals surface area contributed by atoms with Crippen LogP contribution >= 0.6 is 0 Å². The first-order valence-corrected chi connectivity index (χ1v) is 8.46. The van der Waals surface area contributed by atoms with Gasteiger partial charge in [-0.05, 0) is 49.4 Å². The zero-order chi connectivity index (χ0) is 16.5. The van der Waals surface area contributed by atoms with Gasteiger partial charge in [0.2, 0.25) is 0 Å². The number of carbonyl (C=O) groups is 1. The third kappa shape index (κ3) is 2.84. The molecule has 1 amide bonds. The number of hydrogen-bond donors (Lipinski definition) is 0. The van der Waals surface area contributed by atoms with Gasteiger partial charge in [0, 0.05) is 32.4 Å². The number of rotatable bonds is 2. The molecular weight excluding hydrogens is 302 g/mol. The fraction of sp³-hybridized carbons (Fsp3) is 0.444. The van der Waals surface area contributed by atoms with Gasteiger partial charge in [-0.3, -0.25) is 9.78 Å². The van der Waals surface area contributed by atoms with Crippen molar-refractivity contribution in [2.24, 2.45) is 11.8 Å². The van der Waals surface area contributed by atoms with E-state index in [0.29, 0.717) is 17.5 Å². The lowest BCUT2D eigenvalue weighted by Gasteiger charge is -2.34. The highest BCUT2D eigenvalue weighted by Crippen LogP contribution is 2.33. The van der Waals surface area contributed by atoms with Gasteiger partial charge in [0.15, 0.2) is 5.82 Å². The summed E-state index contributed by atoms with van der Waals surface area (Å²) in [6.45, 7) is 5.50. The summed E-state index contributed by atoms with van der Waals surface area (Å²) in [5.41, 5.74) is 1.47. The molecule has 24 heavy (non-hydrogen) atoms. The van der Waals surface area contributed by atoms with Gasteiger partial charge in [-0.2, -0.15) is 5.10 Å². The van der Waals surface area contributed by atoms with Crippen molar-refractivity contribution in [3.8, 4) is 0 Å². The molecule has 0 bridgehead atoms. The molecule has 0 unspecified atom stereocenters. The fourth-order valence-corrected chi connectivity index (χ4v) is 3.75. The van der Waals surface area contributed by atoms with E-state index < -0.39 is 0 Å². The van der Waals surface area contributed by atoms with Gasteiger partial charge in [0.05, 0.1) is 5.69 Å². The van der Waals surface area contributed by atoms with Crippen LogP contribution in [0, 0.1) is 18.8 Å². The summed E-state index contributed by atoms with van der Waals surface area (Å²) in [4.78, 5) is 21.1. The molecule has 0 aromatic carbocycles. The lowest BCUT2D eigenvalue weighted by Crippen LogP contribution is -2.40. The Hall–Kier alpha value is -2.50. The maximum absolute atomic E-state index is 12.6. The van der Waals surface area contributed by atoms with Crippen LogP contribution in [0.2, 0.25) is 0 Å². The summed E-state index contributed by atoms with van der Waals surface area (Å²) in [6.07, 6.45) is 2.76. The Kier molecular flexibility index (Phi) is 3.88. The number of hydrogen-bond acceptors (Lipinski definition) is 5. The lowest BCUT2D eigenvalue weighted by atomic mass is 9.89. The van der Waals surface area contributed by atoms with E-state index in [2.05, 4.69) is 20.1 Å². The van der Waals surface area contributed by atoms with E-state index in [0.717, 1.165) is 44.1 Å². The van der Waals surface area contributed by atoms with Crippen molar-refractivity contribution in [2.45, 2.75) is 13.3 Å². The molecule has 6 nitrogen and oxygen atoms in total. The van der Waals surface area contributed by atoms with Gasteiger partial charge in [-0.15, -0.1) is 5.10 Å². The zero-order valence-corrected chi connectivity index (χ0v) is 13.8. The average Bonchev–Trinajstić information content (AvgIpc) is 3.05. The van der Waals surface area contributed by atoms with E-state index >= 15 is 0 Å². The summed E-state index contributed by atoms with van der Waals surface area (Å²) < 4.78 is 0. The van der Waals surface area contributed by atoms with Crippen LogP contribution < -0.4 is 4.90 Å². The number of likely N-dealkylation sites (tertiary alicyclic amines) is 1. The number of pyridine rings is 1. The highest BCUT2D eigenvalue weighted by molar-refractivity contribution is 5.92. The molecule has 2 aromatic rings. The summed E-state index contributed by atoms with van der Waals surface area (Å²) in [5.74, 6) is 2.06. The van der Waals surface area contributed by atoms with E-state index in [4.69, 9.17) is 0 Å². The summed E-state index contributed by atoms with van der Waals surface area (Å²) in [6, 6.07) is 9.52. The maximum Gasteiger partial charge on any atom is 0.272 e. The third-order valence-electron chi connectivity index (χ3n) is 5.08. The molecule has 2 fully saturated rings. The number of nitrogens with zero attached hydrogens (tertiary/aromatic N) is 5. The van der Waals surface area contributed by atoms with Crippen molar-refractivity contribution in [1.29, 1.82) is 0 Å². The van der Waals surface area contributed by atoms with E-state index in [1.54, 1.807) is 12.3 Å². The number of anilines is 1. The van der Waals surface area contributed by atoms with Crippen molar-refractivity contribution in [2.75, 3.05) is 31.1 Å². The SMILES string of the molecule is Cc1ccc(N2CC[C@H]3CN(C(=O)c4ccccn4)C[C@H]3C2)nn1. The van der Waals surface area contributed by atoms with Crippen LogP contribution in [0.5, 0.6) is 0 Å². The van der Waals surface area contributed by atoms with Crippen LogP contribution in [-0.4, -0.2) is 52.2 Å². The fourth-order valence-electron chi connectivity index (χ4n) is 3.75. The van der Waals surface area contributed by atoms with E-state index in [1.165, 1.54) is 0 Å². The van der Waals surface area contributed by atoms with Crippen LogP contribution in [-0.2, 0) is 0 Å². The maximum atomic E-state index is 12.6. The molecule has 2 atom stereocenters. The molecule has 0 N–H and O–H groups in total. The van der Waals surface area contributed by atoms with Gasteiger partial charge < -0.3 is 9.80 Å². The topological polar surface area (TPSA) is 62.2 Å². The van der Waals surface area contributed by atoms with Crippen LogP contribution in [0.25, 0.3) is 0 Å². The highest BCUT2D eigenvalue weighted by Gasteiger charge is 2.39. The smallest absolute Gasteiger partial charge is 0.272 e. The van der Waals surface area contributed by atoms with Gasteiger partial charge in [0.1, 0.15) is 5.69 Å². The molecule has 4 rings (SSSR count). The van der Waals surface area contributed by atoms with Crippen LogP contribution in [0.1, 0.15) is 22.6 Å². The quantitative estimate of drug-likeness (QED) is 0.843. The molecule has 2 aliphatic rings. The van der Waals surface area contributed by atoms with Gasteiger partial charge in [0.25, 0.3) is 5.91 Å². The first kappa shape index (κ1) is 15.1. The molecule has 4 heterocycles. The van der Waals surface area contributed by atoms with Crippen LogP contribution in [0.4, 0.5) is 5.82 Å².